The number of benzene rings is 1. The molecule has 1 aliphatic heterocycles. The average Bonchev–Trinajstić information content (AvgIpc) is 2.30. The fraction of sp³-hybridized carbons (Fsp3) is 0.250. The molecule has 0 radical (unpaired) electrons. The second-order valence-corrected chi connectivity index (χ2v) is 3.31. The third-order valence-electron chi connectivity index (χ3n) is 2.33. The minimum absolute atomic E-state index is 0.0218. The van der Waals surface area contributed by atoms with Crippen LogP contribution in [0.15, 0.2) is 12.1 Å². The number of amides is 1. The number of hydrogen-bond donors (Lipinski definition) is 0. The van der Waals surface area contributed by atoms with E-state index in [2.05, 4.69) is 12.8 Å². The standard InChI is InChI=1S/C10H10FNO2.C2H2/c1-6-3-8-9(4-7(6)11)14-5-10(13)12(8)2;1-2/h3-4H,5H2,1-2H3;1-2H. The van der Waals surface area contributed by atoms with E-state index in [-0.39, 0.29) is 18.3 Å². The van der Waals surface area contributed by atoms with Gasteiger partial charge in [0.2, 0.25) is 0 Å². The summed E-state index contributed by atoms with van der Waals surface area (Å²) in [6, 6.07) is 2.93. The fourth-order valence-corrected chi connectivity index (χ4v) is 1.40. The van der Waals surface area contributed by atoms with E-state index in [1.165, 1.54) is 11.0 Å². The van der Waals surface area contributed by atoms with Crippen LogP contribution >= 0.6 is 0 Å². The van der Waals surface area contributed by atoms with Crippen LogP contribution < -0.4 is 9.64 Å². The Bertz CT molecular complexity index is 440. The number of rotatable bonds is 0. The van der Waals surface area contributed by atoms with Crippen molar-refractivity contribution in [2.45, 2.75) is 6.92 Å². The van der Waals surface area contributed by atoms with Crippen molar-refractivity contribution in [2.24, 2.45) is 0 Å². The van der Waals surface area contributed by atoms with Crippen molar-refractivity contribution in [3.05, 3.63) is 23.5 Å². The Balaban J connectivity index is 0.000000606. The number of fused-ring (bicyclic) bond motifs is 1. The number of aryl methyl sites for hydroxylation is 1. The lowest BCUT2D eigenvalue weighted by Gasteiger charge is -2.26. The van der Waals surface area contributed by atoms with Crippen LogP contribution in [-0.4, -0.2) is 19.6 Å². The predicted octanol–water partition coefficient (Wildman–Crippen LogP) is 1.74. The molecule has 0 atom stereocenters. The Morgan fingerprint density at radius 1 is 1.44 bits per heavy atom. The topological polar surface area (TPSA) is 29.5 Å². The Morgan fingerprint density at radius 3 is 2.69 bits per heavy atom. The number of anilines is 1. The zero-order valence-corrected chi connectivity index (χ0v) is 9.16. The summed E-state index contributed by atoms with van der Waals surface area (Å²) in [5, 5.41) is 0. The van der Waals surface area contributed by atoms with Gasteiger partial charge in [0.25, 0.3) is 5.91 Å². The van der Waals surface area contributed by atoms with Gasteiger partial charge in [0, 0.05) is 13.1 Å². The molecule has 1 heterocycles. The molecule has 0 unspecified atom stereocenters. The van der Waals surface area contributed by atoms with E-state index in [0.717, 1.165) is 0 Å². The number of ether oxygens (including phenoxy) is 1. The van der Waals surface area contributed by atoms with Crippen LogP contribution in [0.5, 0.6) is 5.75 Å². The van der Waals surface area contributed by atoms with Crippen LogP contribution in [0, 0.1) is 25.6 Å². The lowest BCUT2D eigenvalue weighted by Crippen LogP contribution is -2.35. The van der Waals surface area contributed by atoms with E-state index in [0.29, 0.717) is 17.0 Å². The molecule has 4 heteroatoms. The molecular formula is C12H12FNO2. The van der Waals surface area contributed by atoms with Gasteiger partial charge in [0.1, 0.15) is 11.6 Å². The van der Waals surface area contributed by atoms with Gasteiger partial charge in [-0.2, -0.15) is 0 Å². The summed E-state index contributed by atoms with van der Waals surface area (Å²) >= 11 is 0. The number of carbonyl (C=O) groups is 1. The first-order valence-corrected chi connectivity index (χ1v) is 4.62. The third-order valence-corrected chi connectivity index (χ3v) is 2.33. The molecule has 0 bridgehead atoms. The summed E-state index contributed by atoms with van der Waals surface area (Å²) in [6.07, 6.45) is 8.00. The van der Waals surface area contributed by atoms with Crippen LogP contribution in [0.1, 0.15) is 5.56 Å². The lowest BCUT2D eigenvalue weighted by atomic mass is 10.1. The maximum Gasteiger partial charge on any atom is 0.264 e. The van der Waals surface area contributed by atoms with Gasteiger partial charge in [-0.3, -0.25) is 4.79 Å². The summed E-state index contributed by atoms with van der Waals surface area (Å²) in [5.74, 6) is -0.00907. The molecule has 0 aromatic heterocycles. The second-order valence-electron chi connectivity index (χ2n) is 3.31. The summed E-state index contributed by atoms with van der Waals surface area (Å²) in [6.45, 7) is 1.63. The van der Waals surface area contributed by atoms with Crippen LogP contribution in [-0.2, 0) is 4.79 Å². The zero-order valence-electron chi connectivity index (χ0n) is 9.16. The molecule has 2 rings (SSSR count). The summed E-state index contributed by atoms with van der Waals surface area (Å²) in [5.41, 5.74) is 1.13. The Morgan fingerprint density at radius 2 is 2.06 bits per heavy atom. The van der Waals surface area contributed by atoms with E-state index >= 15 is 0 Å². The van der Waals surface area contributed by atoms with Gasteiger partial charge in [-0.1, -0.05) is 0 Å². The van der Waals surface area contributed by atoms with E-state index in [1.807, 2.05) is 0 Å². The van der Waals surface area contributed by atoms with Gasteiger partial charge >= 0.3 is 0 Å². The fourth-order valence-electron chi connectivity index (χ4n) is 1.40. The summed E-state index contributed by atoms with van der Waals surface area (Å²) in [7, 11) is 1.65. The maximum absolute atomic E-state index is 13.1. The van der Waals surface area contributed by atoms with Gasteiger partial charge in [-0.25, -0.2) is 4.39 Å². The number of hydrogen-bond acceptors (Lipinski definition) is 2. The largest absolute Gasteiger partial charge is 0.481 e. The van der Waals surface area contributed by atoms with Crippen molar-refractivity contribution in [3.8, 4) is 18.6 Å². The summed E-state index contributed by atoms with van der Waals surface area (Å²) < 4.78 is 18.3. The number of nitrogens with zero attached hydrogens (tertiary/aromatic N) is 1. The maximum atomic E-state index is 13.1. The second kappa shape index (κ2) is 4.67. The first-order valence-electron chi connectivity index (χ1n) is 4.62. The molecule has 1 aliphatic rings. The lowest BCUT2D eigenvalue weighted by molar-refractivity contribution is -0.120. The highest BCUT2D eigenvalue weighted by atomic mass is 19.1. The molecule has 84 valence electrons. The van der Waals surface area contributed by atoms with Crippen molar-refractivity contribution >= 4 is 11.6 Å². The van der Waals surface area contributed by atoms with Crippen LogP contribution in [0.2, 0.25) is 0 Å². The van der Waals surface area contributed by atoms with E-state index in [1.54, 1.807) is 20.0 Å². The molecular weight excluding hydrogens is 209 g/mol. The van der Waals surface area contributed by atoms with Crippen molar-refractivity contribution in [3.63, 3.8) is 0 Å². The SMILES string of the molecule is C#C.Cc1cc2c(cc1F)OCC(=O)N2C. The number of likely N-dealkylation sites (N-methyl/N-ethyl adjacent to an activating group) is 1. The molecule has 1 aromatic rings. The quantitative estimate of drug-likeness (QED) is 0.624. The molecule has 0 fully saturated rings. The van der Waals surface area contributed by atoms with E-state index < -0.39 is 0 Å². The highest BCUT2D eigenvalue weighted by Crippen LogP contribution is 2.33. The van der Waals surface area contributed by atoms with Crippen molar-refractivity contribution in [1.29, 1.82) is 0 Å². The van der Waals surface area contributed by atoms with E-state index in [9.17, 15) is 9.18 Å². The van der Waals surface area contributed by atoms with Crippen LogP contribution in [0.4, 0.5) is 10.1 Å². The molecule has 1 amide bonds. The molecule has 0 spiro atoms. The van der Waals surface area contributed by atoms with Gasteiger partial charge in [-0.05, 0) is 18.6 Å². The van der Waals surface area contributed by atoms with Crippen molar-refractivity contribution in [1.82, 2.24) is 0 Å². The molecule has 0 saturated heterocycles. The molecule has 0 N–H and O–H groups in total. The minimum atomic E-state index is -0.313. The highest BCUT2D eigenvalue weighted by molar-refractivity contribution is 5.97. The zero-order chi connectivity index (χ0) is 12.3. The number of terminal acetylenes is 1. The van der Waals surface area contributed by atoms with Gasteiger partial charge < -0.3 is 9.64 Å². The first-order chi connectivity index (χ1) is 7.59. The first kappa shape index (κ1) is 12.1. The molecule has 16 heavy (non-hydrogen) atoms. The molecule has 0 saturated carbocycles. The van der Waals surface area contributed by atoms with Crippen molar-refractivity contribution in [2.75, 3.05) is 18.6 Å². The number of carbonyl (C=O) groups excluding carboxylic acids is 1. The average molecular weight is 221 g/mol. The molecule has 0 aliphatic carbocycles. The third kappa shape index (κ3) is 1.98. The molecule has 3 nitrogen and oxygen atoms in total. The van der Waals surface area contributed by atoms with Crippen LogP contribution in [0.25, 0.3) is 0 Å². The number of halogens is 1. The van der Waals surface area contributed by atoms with Gasteiger partial charge in [-0.15, -0.1) is 12.8 Å². The smallest absolute Gasteiger partial charge is 0.264 e. The molecule has 1 aromatic carbocycles. The monoisotopic (exact) mass is 221 g/mol. The van der Waals surface area contributed by atoms with Crippen LogP contribution in [0.3, 0.4) is 0 Å². The predicted molar refractivity (Wildman–Crippen MR) is 59.9 cm³/mol. The van der Waals surface area contributed by atoms with E-state index in [4.69, 9.17) is 4.74 Å². The van der Waals surface area contributed by atoms with Crippen molar-refractivity contribution < 1.29 is 13.9 Å². The Hall–Kier alpha value is -2.02. The minimum Gasteiger partial charge on any atom is -0.481 e. The highest BCUT2D eigenvalue weighted by Gasteiger charge is 2.23. The van der Waals surface area contributed by atoms with Gasteiger partial charge in [0.15, 0.2) is 6.61 Å². The Kier molecular flexibility index (Phi) is 3.51. The van der Waals surface area contributed by atoms with Gasteiger partial charge in [0.05, 0.1) is 5.69 Å². The normalized spacial score (nSPS) is 13.3. The Labute approximate surface area is 93.8 Å². The summed E-state index contributed by atoms with van der Waals surface area (Å²) in [4.78, 5) is 12.7.